The summed E-state index contributed by atoms with van der Waals surface area (Å²) >= 11 is 0. The van der Waals surface area contributed by atoms with Crippen LogP contribution in [0.15, 0.2) is 36.4 Å². The van der Waals surface area contributed by atoms with E-state index in [0.29, 0.717) is 25.2 Å². The number of carbonyl (C=O) groups is 1. The smallest absolute Gasteiger partial charge is 0.471 e. The van der Waals surface area contributed by atoms with Crippen LogP contribution < -0.4 is 9.47 Å². The maximum Gasteiger partial charge on any atom is 0.471 e. The minimum Gasteiger partial charge on any atom is -0.497 e. The highest BCUT2D eigenvalue weighted by Gasteiger charge is 2.42. The van der Waals surface area contributed by atoms with Crippen LogP contribution >= 0.6 is 0 Å². The third-order valence-electron chi connectivity index (χ3n) is 4.86. The van der Waals surface area contributed by atoms with Crippen molar-refractivity contribution in [1.29, 1.82) is 0 Å². The van der Waals surface area contributed by atoms with Crippen LogP contribution in [0, 0.1) is 6.92 Å². The number of nitrogens with zero attached hydrogens (tertiary/aromatic N) is 1. The zero-order chi connectivity index (χ0) is 20.3. The minimum atomic E-state index is -4.84. The molecule has 2 aromatic carbocycles. The highest BCUT2D eigenvalue weighted by Crippen LogP contribution is 2.28. The number of benzene rings is 2. The maximum atomic E-state index is 12.7. The summed E-state index contributed by atoms with van der Waals surface area (Å²) in [6.45, 7) is 2.37. The molecule has 28 heavy (non-hydrogen) atoms. The molecule has 2 aromatic rings. The van der Waals surface area contributed by atoms with E-state index in [1.54, 1.807) is 7.11 Å². The van der Waals surface area contributed by atoms with Gasteiger partial charge >= 0.3 is 12.1 Å². The second-order valence-corrected chi connectivity index (χ2v) is 6.82. The van der Waals surface area contributed by atoms with E-state index in [1.165, 1.54) is 0 Å². The first-order valence-electron chi connectivity index (χ1n) is 9.02. The molecule has 1 amide bonds. The molecule has 1 aliphatic heterocycles. The van der Waals surface area contributed by atoms with Crippen LogP contribution in [0.3, 0.4) is 0 Å². The molecule has 0 spiro atoms. The molecule has 1 aliphatic rings. The van der Waals surface area contributed by atoms with Crippen LogP contribution in [-0.4, -0.2) is 37.2 Å². The largest absolute Gasteiger partial charge is 0.497 e. The van der Waals surface area contributed by atoms with E-state index in [9.17, 15) is 18.0 Å². The average Bonchev–Trinajstić information content (AvgIpc) is 2.87. The van der Waals surface area contributed by atoms with Gasteiger partial charge in [-0.25, -0.2) is 0 Å². The highest BCUT2D eigenvalue weighted by molar-refractivity contribution is 5.82. The third kappa shape index (κ3) is 4.58. The molecule has 7 heteroatoms. The first-order chi connectivity index (χ1) is 13.3. The summed E-state index contributed by atoms with van der Waals surface area (Å²) in [5.41, 5.74) is 3.75. The Morgan fingerprint density at radius 1 is 1.11 bits per heavy atom. The zero-order valence-electron chi connectivity index (χ0n) is 15.8. The lowest BCUT2D eigenvalue weighted by Crippen LogP contribution is -2.42. The van der Waals surface area contributed by atoms with Crippen LogP contribution in [0.25, 0.3) is 0 Å². The van der Waals surface area contributed by atoms with Gasteiger partial charge in [0.1, 0.15) is 18.1 Å². The molecule has 0 saturated heterocycles. The number of hydrogen-bond acceptors (Lipinski definition) is 3. The minimum absolute atomic E-state index is 0.0454. The van der Waals surface area contributed by atoms with Crippen molar-refractivity contribution in [3.8, 4) is 11.5 Å². The van der Waals surface area contributed by atoms with Crippen molar-refractivity contribution in [2.45, 2.75) is 32.5 Å². The molecule has 0 saturated carbocycles. The number of halogens is 3. The quantitative estimate of drug-likeness (QED) is 0.786. The number of alkyl halides is 3. The molecule has 0 aromatic heterocycles. The van der Waals surface area contributed by atoms with Gasteiger partial charge in [-0.2, -0.15) is 13.2 Å². The molecular formula is C21H22F3NO3. The predicted octanol–water partition coefficient (Wildman–Crippen LogP) is 4.07. The number of rotatable bonds is 4. The number of hydrogen-bond donors (Lipinski definition) is 0. The van der Waals surface area contributed by atoms with Crippen molar-refractivity contribution in [2.75, 3.05) is 20.2 Å². The van der Waals surface area contributed by atoms with Gasteiger partial charge in [-0.3, -0.25) is 4.79 Å². The van der Waals surface area contributed by atoms with Gasteiger partial charge in [0, 0.05) is 13.1 Å². The Kier molecular flexibility index (Phi) is 5.82. The normalized spacial score (nSPS) is 14.2. The van der Waals surface area contributed by atoms with E-state index in [-0.39, 0.29) is 13.1 Å². The lowest BCUT2D eigenvalue weighted by atomic mass is 10.00. The predicted molar refractivity (Wildman–Crippen MR) is 98.5 cm³/mol. The van der Waals surface area contributed by atoms with Gasteiger partial charge in [0.15, 0.2) is 0 Å². The molecular weight excluding hydrogens is 371 g/mol. The fourth-order valence-corrected chi connectivity index (χ4v) is 3.34. The van der Waals surface area contributed by atoms with Gasteiger partial charge in [0.2, 0.25) is 0 Å². The maximum absolute atomic E-state index is 12.7. The second-order valence-electron chi connectivity index (χ2n) is 6.82. The molecule has 0 atom stereocenters. The summed E-state index contributed by atoms with van der Waals surface area (Å²) in [5, 5.41) is 0. The van der Waals surface area contributed by atoms with Crippen LogP contribution in [0.5, 0.6) is 11.5 Å². The Hall–Kier alpha value is -2.70. The standard InChI is InChI=1S/C21H22F3NO3/c1-14-10-16-6-8-25(20(26)21(22,23)24)9-7-17(16)12-19(14)28-13-15-4-3-5-18(11-15)27-2/h3-5,10-12H,6-9,13H2,1-2H3. The van der Waals surface area contributed by atoms with Crippen LogP contribution in [0.4, 0.5) is 13.2 Å². The van der Waals surface area contributed by atoms with E-state index in [0.717, 1.165) is 32.9 Å². The van der Waals surface area contributed by atoms with E-state index < -0.39 is 12.1 Å². The Morgan fingerprint density at radius 2 is 1.79 bits per heavy atom. The number of amides is 1. The van der Waals surface area contributed by atoms with Gasteiger partial charge in [-0.05, 0) is 60.2 Å². The summed E-state index contributed by atoms with van der Waals surface area (Å²) in [7, 11) is 1.60. The summed E-state index contributed by atoms with van der Waals surface area (Å²) in [6.07, 6.45) is -4.07. The van der Waals surface area contributed by atoms with Gasteiger partial charge in [-0.15, -0.1) is 0 Å². The Balaban J connectivity index is 1.72. The van der Waals surface area contributed by atoms with E-state index in [1.807, 2.05) is 43.3 Å². The lowest BCUT2D eigenvalue weighted by Gasteiger charge is -2.21. The number of aryl methyl sites for hydroxylation is 1. The van der Waals surface area contributed by atoms with Crippen molar-refractivity contribution in [2.24, 2.45) is 0 Å². The van der Waals surface area contributed by atoms with Gasteiger partial charge < -0.3 is 14.4 Å². The molecule has 0 radical (unpaired) electrons. The Bertz CT molecular complexity index is 864. The third-order valence-corrected chi connectivity index (χ3v) is 4.86. The molecule has 0 N–H and O–H groups in total. The van der Waals surface area contributed by atoms with Gasteiger partial charge in [-0.1, -0.05) is 18.2 Å². The monoisotopic (exact) mass is 393 g/mol. The Labute approximate surface area is 161 Å². The fraction of sp³-hybridized carbons (Fsp3) is 0.381. The first kappa shape index (κ1) is 20.0. The number of carbonyl (C=O) groups excluding carboxylic acids is 1. The highest BCUT2D eigenvalue weighted by atomic mass is 19.4. The molecule has 4 nitrogen and oxygen atoms in total. The summed E-state index contributed by atoms with van der Waals surface area (Å²) < 4.78 is 49.3. The van der Waals surface area contributed by atoms with Gasteiger partial charge in [0.25, 0.3) is 0 Å². The molecule has 0 unspecified atom stereocenters. The van der Waals surface area contributed by atoms with Gasteiger partial charge in [0.05, 0.1) is 7.11 Å². The van der Waals surface area contributed by atoms with Crippen molar-refractivity contribution in [1.82, 2.24) is 4.90 Å². The number of fused-ring (bicyclic) bond motifs is 1. The van der Waals surface area contributed by atoms with E-state index in [4.69, 9.17) is 9.47 Å². The first-order valence-corrected chi connectivity index (χ1v) is 9.02. The number of ether oxygens (including phenoxy) is 2. The van der Waals surface area contributed by atoms with Crippen molar-refractivity contribution < 1.29 is 27.4 Å². The molecule has 0 aliphatic carbocycles. The van der Waals surface area contributed by atoms with Crippen molar-refractivity contribution in [3.05, 3.63) is 58.7 Å². The van der Waals surface area contributed by atoms with Crippen LogP contribution in [0.2, 0.25) is 0 Å². The summed E-state index contributed by atoms with van der Waals surface area (Å²) in [5.74, 6) is -0.335. The molecule has 150 valence electrons. The summed E-state index contributed by atoms with van der Waals surface area (Å²) in [4.78, 5) is 12.4. The topological polar surface area (TPSA) is 38.8 Å². The molecule has 0 fully saturated rings. The zero-order valence-corrected chi connectivity index (χ0v) is 15.8. The van der Waals surface area contributed by atoms with Crippen LogP contribution in [0.1, 0.15) is 22.3 Å². The lowest BCUT2D eigenvalue weighted by molar-refractivity contribution is -0.185. The van der Waals surface area contributed by atoms with Crippen molar-refractivity contribution in [3.63, 3.8) is 0 Å². The SMILES string of the molecule is COc1cccc(COc2cc3c(cc2C)CCN(C(=O)C(F)(F)F)CC3)c1. The molecule has 0 bridgehead atoms. The Morgan fingerprint density at radius 3 is 2.43 bits per heavy atom. The van der Waals surface area contributed by atoms with E-state index in [2.05, 4.69) is 0 Å². The van der Waals surface area contributed by atoms with Crippen molar-refractivity contribution >= 4 is 5.91 Å². The molecule has 1 heterocycles. The average molecular weight is 393 g/mol. The fourth-order valence-electron chi connectivity index (χ4n) is 3.34. The summed E-state index contributed by atoms with van der Waals surface area (Å²) in [6, 6.07) is 11.4. The molecule has 3 rings (SSSR count). The van der Waals surface area contributed by atoms with Crippen LogP contribution in [-0.2, 0) is 24.2 Å². The number of methoxy groups -OCH3 is 1. The van der Waals surface area contributed by atoms with E-state index >= 15 is 0 Å². The second kappa shape index (κ2) is 8.12.